The summed E-state index contributed by atoms with van der Waals surface area (Å²) in [7, 11) is 0. The average molecular weight is 191 g/mol. The zero-order valence-corrected chi connectivity index (χ0v) is 8.18. The van der Waals surface area contributed by atoms with Gasteiger partial charge in [-0.2, -0.15) is 8.78 Å². The lowest BCUT2D eigenvalue weighted by atomic mass is 10.1. The fourth-order valence-electron chi connectivity index (χ4n) is 0.972. The maximum Gasteiger partial charge on any atom is 0.321 e. The smallest absolute Gasteiger partial charge is 0.274 e. The molecule has 0 aliphatic carbocycles. The second kappa shape index (κ2) is 5.67. The molecule has 0 aromatic rings. The van der Waals surface area contributed by atoms with Crippen LogP contribution in [-0.4, -0.2) is 17.4 Å². The van der Waals surface area contributed by atoms with Gasteiger partial charge >= 0.3 is 6.55 Å². The lowest BCUT2D eigenvalue weighted by molar-refractivity contribution is -0.140. The quantitative estimate of drug-likeness (QED) is 0.583. The van der Waals surface area contributed by atoms with E-state index in [-0.39, 0.29) is 6.42 Å². The van der Waals surface area contributed by atoms with Gasteiger partial charge in [0.1, 0.15) is 0 Å². The number of carbonyl (C=O) groups excluding carboxylic acids is 1. The number of hydrogen-bond donors (Lipinski definition) is 0. The number of amides is 1. The molecule has 0 fully saturated rings. The molecule has 13 heavy (non-hydrogen) atoms. The first-order chi connectivity index (χ1) is 6.11. The Kier molecular flexibility index (Phi) is 5.26. The Labute approximate surface area is 77.2 Å². The van der Waals surface area contributed by atoms with E-state index in [1.54, 1.807) is 6.92 Å². The predicted molar refractivity (Wildman–Crippen MR) is 47.2 cm³/mol. The fourth-order valence-corrected chi connectivity index (χ4v) is 0.972. The minimum atomic E-state index is -2.70. The number of nitrogens with zero attached hydrogens (tertiary/aromatic N) is 1. The molecule has 0 unspecified atom stereocenters. The highest BCUT2D eigenvalue weighted by molar-refractivity contribution is 5.78. The van der Waals surface area contributed by atoms with E-state index >= 15 is 0 Å². The van der Waals surface area contributed by atoms with E-state index in [1.807, 2.05) is 13.8 Å². The first kappa shape index (κ1) is 12.1. The van der Waals surface area contributed by atoms with Gasteiger partial charge in [0.25, 0.3) is 0 Å². The molecule has 0 saturated heterocycles. The summed E-state index contributed by atoms with van der Waals surface area (Å²) in [6.45, 7) is 3.04. The first-order valence-electron chi connectivity index (χ1n) is 4.38. The summed E-state index contributed by atoms with van der Waals surface area (Å²) in [5.41, 5.74) is 0.824. The summed E-state index contributed by atoms with van der Waals surface area (Å²) in [6.07, 6.45) is 2.02. The van der Waals surface area contributed by atoms with Gasteiger partial charge in [0, 0.05) is 12.6 Å². The van der Waals surface area contributed by atoms with Gasteiger partial charge in [-0.1, -0.05) is 19.4 Å². The highest BCUT2D eigenvalue weighted by atomic mass is 19.3. The number of carbonyl (C=O) groups is 1. The molecule has 0 atom stereocenters. The molecule has 4 heteroatoms. The largest absolute Gasteiger partial charge is 0.321 e. The molecule has 1 aliphatic heterocycles. The zero-order chi connectivity index (χ0) is 10.4. The molecule has 0 radical (unpaired) electrons. The van der Waals surface area contributed by atoms with Crippen LogP contribution in [0, 0.1) is 0 Å². The summed E-state index contributed by atoms with van der Waals surface area (Å²) >= 11 is 0. The summed E-state index contributed by atoms with van der Waals surface area (Å²) in [6, 6.07) is 0. The Morgan fingerprint density at radius 3 is 2.31 bits per heavy atom. The van der Waals surface area contributed by atoms with Gasteiger partial charge in [-0.05, 0) is 13.3 Å². The van der Waals surface area contributed by atoms with Crippen molar-refractivity contribution in [1.29, 1.82) is 0 Å². The Morgan fingerprint density at radius 1 is 1.38 bits per heavy atom. The molecule has 0 saturated carbocycles. The Morgan fingerprint density at radius 2 is 1.92 bits per heavy atom. The molecule has 1 aliphatic rings. The van der Waals surface area contributed by atoms with Crippen molar-refractivity contribution in [3.63, 3.8) is 0 Å². The van der Waals surface area contributed by atoms with E-state index in [0.717, 1.165) is 5.57 Å². The molecule has 1 heterocycles. The molecular formula is C9H15F2NO. The van der Waals surface area contributed by atoms with Crippen LogP contribution in [0.3, 0.4) is 0 Å². The minimum absolute atomic E-state index is 0.201. The van der Waals surface area contributed by atoms with Crippen molar-refractivity contribution in [1.82, 2.24) is 4.90 Å². The van der Waals surface area contributed by atoms with Gasteiger partial charge in [-0.3, -0.25) is 9.69 Å². The summed E-state index contributed by atoms with van der Waals surface area (Å²) in [5, 5.41) is 0. The second-order valence-electron chi connectivity index (χ2n) is 2.55. The van der Waals surface area contributed by atoms with Crippen molar-refractivity contribution in [3.8, 4) is 0 Å². The van der Waals surface area contributed by atoms with Gasteiger partial charge < -0.3 is 0 Å². The van der Waals surface area contributed by atoms with E-state index in [4.69, 9.17) is 0 Å². The lowest BCUT2D eigenvalue weighted by Crippen LogP contribution is -2.33. The summed E-state index contributed by atoms with van der Waals surface area (Å²) < 4.78 is 24.0. The van der Waals surface area contributed by atoms with Crippen molar-refractivity contribution in [2.45, 2.75) is 40.2 Å². The molecule has 0 N–H and O–H groups in total. The third kappa shape index (κ3) is 3.53. The average Bonchev–Trinajstić information content (AvgIpc) is 2.12. The van der Waals surface area contributed by atoms with Gasteiger partial charge in [-0.15, -0.1) is 0 Å². The predicted octanol–water partition coefficient (Wildman–Crippen LogP) is 2.76. The topological polar surface area (TPSA) is 20.3 Å². The van der Waals surface area contributed by atoms with Crippen molar-refractivity contribution in [2.24, 2.45) is 0 Å². The van der Waals surface area contributed by atoms with Crippen LogP contribution in [0.1, 0.15) is 33.6 Å². The normalized spacial score (nSPS) is 16.6. The summed E-state index contributed by atoms with van der Waals surface area (Å²) in [4.78, 5) is 11.3. The lowest BCUT2D eigenvalue weighted by Gasteiger charge is -2.22. The highest BCUT2D eigenvalue weighted by Crippen LogP contribution is 2.18. The van der Waals surface area contributed by atoms with Crippen LogP contribution in [0.5, 0.6) is 0 Å². The number of halogens is 2. The molecule has 0 bridgehead atoms. The summed E-state index contributed by atoms with van der Waals surface area (Å²) in [5.74, 6) is -0.495. The van der Waals surface area contributed by atoms with E-state index in [9.17, 15) is 13.6 Å². The van der Waals surface area contributed by atoms with Gasteiger partial charge in [-0.25, -0.2) is 0 Å². The molecule has 0 spiro atoms. The molecule has 0 aromatic carbocycles. The van der Waals surface area contributed by atoms with Crippen LogP contribution in [0.4, 0.5) is 8.78 Å². The maximum absolute atomic E-state index is 12.0. The monoisotopic (exact) mass is 191 g/mol. The number of allylic oxidation sites excluding steroid dienone is 1. The third-order valence-corrected chi connectivity index (χ3v) is 1.59. The molecule has 1 amide bonds. The number of alkyl halides is 2. The molecule has 76 valence electrons. The van der Waals surface area contributed by atoms with Crippen molar-refractivity contribution >= 4 is 5.91 Å². The number of rotatable bonds is 1. The Hall–Kier alpha value is -0.930. The second-order valence-corrected chi connectivity index (χ2v) is 2.55. The molecule has 2 nitrogen and oxygen atoms in total. The van der Waals surface area contributed by atoms with Crippen molar-refractivity contribution in [2.75, 3.05) is 0 Å². The van der Waals surface area contributed by atoms with E-state index in [1.165, 1.54) is 6.20 Å². The fraction of sp³-hybridized carbons (Fsp3) is 0.667. The van der Waals surface area contributed by atoms with Crippen LogP contribution in [-0.2, 0) is 4.79 Å². The van der Waals surface area contributed by atoms with E-state index < -0.39 is 12.5 Å². The molecule has 1 rings (SSSR count). The molecule has 0 aromatic heterocycles. The van der Waals surface area contributed by atoms with Gasteiger partial charge in [0.15, 0.2) is 0 Å². The van der Waals surface area contributed by atoms with Crippen LogP contribution in [0.25, 0.3) is 0 Å². The first-order valence-corrected chi connectivity index (χ1v) is 4.38. The maximum atomic E-state index is 12.0. The van der Waals surface area contributed by atoms with E-state index in [0.29, 0.717) is 11.3 Å². The van der Waals surface area contributed by atoms with E-state index in [2.05, 4.69) is 0 Å². The van der Waals surface area contributed by atoms with Gasteiger partial charge in [0.2, 0.25) is 5.91 Å². The van der Waals surface area contributed by atoms with Crippen LogP contribution in [0.15, 0.2) is 11.8 Å². The van der Waals surface area contributed by atoms with Crippen LogP contribution < -0.4 is 0 Å². The standard InChI is InChI=1S/C7H9F2NO.C2H6/c1-5-2-3-6(11)10(4-5)7(8)9;1-2/h4,7H,2-3H2,1H3;1-2H3. The van der Waals surface area contributed by atoms with Crippen molar-refractivity contribution in [3.05, 3.63) is 11.8 Å². The van der Waals surface area contributed by atoms with Crippen LogP contribution in [0.2, 0.25) is 0 Å². The Balaban J connectivity index is 0.000000671. The minimum Gasteiger partial charge on any atom is -0.274 e. The zero-order valence-electron chi connectivity index (χ0n) is 8.18. The highest BCUT2D eigenvalue weighted by Gasteiger charge is 2.23. The van der Waals surface area contributed by atoms with Crippen molar-refractivity contribution < 1.29 is 13.6 Å². The Bertz CT molecular complexity index is 202. The molecular weight excluding hydrogens is 176 g/mol. The SMILES string of the molecule is CC.CC1=CN(C(F)F)C(=O)CC1. The van der Waals surface area contributed by atoms with Gasteiger partial charge in [0.05, 0.1) is 0 Å². The van der Waals surface area contributed by atoms with Crippen LogP contribution >= 0.6 is 0 Å². The third-order valence-electron chi connectivity index (χ3n) is 1.59. The number of hydrogen-bond acceptors (Lipinski definition) is 1.